The van der Waals surface area contributed by atoms with Crippen molar-refractivity contribution < 1.29 is 14.3 Å². The topological polar surface area (TPSA) is 74.4 Å². The summed E-state index contributed by atoms with van der Waals surface area (Å²) in [6.45, 7) is 9.02. The number of H-pyrrole nitrogens is 1. The number of ether oxygens (including phenoxy) is 1. The maximum atomic E-state index is 13.0. The van der Waals surface area contributed by atoms with Crippen LogP contribution in [0.5, 0.6) is 0 Å². The molecule has 1 atom stereocenters. The summed E-state index contributed by atoms with van der Waals surface area (Å²) in [5.74, 6) is -0.224. The number of nitrogens with one attached hydrogen (secondary N) is 2. The molecule has 6 heteroatoms. The van der Waals surface area contributed by atoms with Gasteiger partial charge in [0.1, 0.15) is 5.69 Å². The second kappa shape index (κ2) is 8.50. The van der Waals surface area contributed by atoms with E-state index >= 15 is 0 Å². The number of hydrogen-bond acceptors (Lipinski definition) is 4. The first-order valence-electron chi connectivity index (χ1n) is 9.33. The molecule has 2 heterocycles. The summed E-state index contributed by atoms with van der Waals surface area (Å²) in [6.07, 6.45) is 0. The van der Waals surface area contributed by atoms with Gasteiger partial charge in [-0.05, 0) is 31.9 Å². The maximum Gasteiger partial charge on any atom is 0.268 e. The van der Waals surface area contributed by atoms with E-state index in [-0.39, 0.29) is 17.7 Å². The van der Waals surface area contributed by atoms with Crippen molar-refractivity contribution >= 4 is 11.7 Å². The number of carbonyl (C=O) groups is 2. The van der Waals surface area contributed by atoms with E-state index in [0.29, 0.717) is 30.0 Å². The van der Waals surface area contributed by atoms with E-state index in [1.807, 2.05) is 44.2 Å². The molecular weight excluding hydrogens is 342 g/mol. The van der Waals surface area contributed by atoms with Crippen LogP contribution >= 0.6 is 0 Å². The number of aryl methyl sites for hydroxylation is 1. The molecule has 1 aliphatic heterocycles. The number of rotatable bonds is 6. The Morgan fingerprint density at radius 3 is 2.44 bits per heavy atom. The Morgan fingerprint density at radius 2 is 1.85 bits per heavy atom. The third-order valence-corrected chi connectivity index (χ3v) is 5.07. The van der Waals surface area contributed by atoms with E-state index in [0.717, 1.165) is 30.9 Å². The number of hydrogen-bond donors (Lipinski definition) is 2. The van der Waals surface area contributed by atoms with Crippen molar-refractivity contribution in [3.63, 3.8) is 0 Å². The van der Waals surface area contributed by atoms with Crippen LogP contribution in [0.1, 0.15) is 50.6 Å². The molecule has 0 unspecified atom stereocenters. The molecule has 1 saturated heterocycles. The lowest BCUT2D eigenvalue weighted by molar-refractivity contribution is 0.0332. The third-order valence-electron chi connectivity index (χ3n) is 5.07. The van der Waals surface area contributed by atoms with Gasteiger partial charge in [-0.1, -0.05) is 30.3 Å². The fourth-order valence-corrected chi connectivity index (χ4v) is 3.70. The van der Waals surface area contributed by atoms with Gasteiger partial charge in [0.05, 0.1) is 19.3 Å². The first-order chi connectivity index (χ1) is 13.0. The van der Waals surface area contributed by atoms with Gasteiger partial charge in [0, 0.05) is 30.9 Å². The summed E-state index contributed by atoms with van der Waals surface area (Å²) in [4.78, 5) is 30.2. The van der Waals surface area contributed by atoms with E-state index in [1.54, 1.807) is 0 Å². The standard InChI is InChI=1S/C21H27N3O3/c1-14-19(16(3)25)15(2)22-20(14)21(26)23-18(17-7-5-4-6-8-17)13-24-9-11-27-12-10-24/h4-8,18,22H,9-13H2,1-3H3,(H,23,26)/t18-/m0/s1. The Morgan fingerprint density at radius 1 is 1.19 bits per heavy atom. The van der Waals surface area contributed by atoms with Crippen LogP contribution in [0, 0.1) is 13.8 Å². The molecular formula is C21H27N3O3. The zero-order chi connectivity index (χ0) is 19.4. The molecule has 144 valence electrons. The predicted octanol–water partition coefficient (Wildman–Crippen LogP) is 2.64. The third kappa shape index (κ3) is 4.46. The van der Waals surface area contributed by atoms with Crippen LogP contribution in [0.2, 0.25) is 0 Å². The van der Waals surface area contributed by atoms with Gasteiger partial charge in [-0.2, -0.15) is 0 Å². The second-order valence-corrected chi connectivity index (χ2v) is 7.03. The molecule has 3 rings (SSSR count). The van der Waals surface area contributed by atoms with Crippen LogP contribution in [0.4, 0.5) is 0 Å². The number of benzene rings is 1. The minimum atomic E-state index is -0.190. The quantitative estimate of drug-likeness (QED) is 0.768. The molecule has 6 nitrogen and oxygen atoms in total. The molecule has 1 amide bonds. The normalized spacial score (nSPS) is 16.1. The zero-order valence-corrected chi connectivity index (χ0v) is 16.2. The predicted molar refractivity (Wildman–Crippen MR) is 104 cm³/mol. The Bertz CT molecular complexity index is 808. The largest absolute Gasteiger partial charge is 0.379 e. The maximum absolute atomic E-state index is 13.0. The smallest absolute Gasteiger partial charge is 0.268 e. The Hall–Kier alpha value is -2.44. The summed E-state index contributed by atoms with van der Waals surface area (Å²) in [5, 5.41) is 3.15. The molecule has 0 radical (unpaired) electrons. The number of nitrogens with zero attached hydrogens (tertiary/aromatic N) is 1. The van der Waals surface area contributed by atoms with Crippen molar-refractivity contribution in [3.8, 4) is 0 Å². The van der Waals surface area contributed by atoms with Gasteiger partial charge in [0.25, 0.3) is 5.91 Å². The van der Waals surface area contributed by atoms with Crippen molar-refractivity contribution in [2.75, 3.05) is 32.8 Å². The van der Waals surface area contributed by atoms with Gasteiger partial charge < -0.3 is 15.0 Å². The summed E-state index contributed by atoms with van der Waals surface area (Å²) in [5.41, 5.74) is 3.56. The Balaban J connectivity index is 1.82. The zero-order valence-electron chi connectivity index (χ0n) is 16.2. The summed E-state index contributed by atoms with van der Waals surface area (Å²) in [6, 6.07) is 9.84. The van der Waals surface area contributed by atoms with Crippen LogP contribution in [-0.4, -0.2) is 54.4 Å². The summed E-state index contributed by atoms with van der Waals surface area (Å²) < 4.78 is 5.43. The van der Waals surface area contributed by atoms with Crippen LogP contribution in [-0.2, 0) is 4.74 Å². The lowest BCUT2D eigenvalue weighted by Crippen LogP contribution is -2.43. The second-order valence-electron chi connectivity index (χ2n) is 7.03. The molecule has 27 heavy (non-hydrogen) atoms. The molecule has 0 saturated carbocycles. The minimum Gasteiger partial charge on any atom is -0.379 e. The lowest BCUT2D eigenvalue weighted by Gasteiger charge is -2.31. The molecule has 1 fully saturated rings. The molecule has 1 aromatic heterocycles. The van der Waals surface area contributed by atoms with Crippen molar-refractivity contribution in [2.45, 2.75) is 26.8 Å². The van der Waals surface area contributed by atoms with E-state index in [1.165, 1.54) is 6.92 Å². The monoisotopic (exact) mass is 369 g/mol. The van der Waals surface area contributed by atoms with Crippen molar-refractivity contribution in [1.29, 1.82) is 0 Å². The van der Waals surface area contributed by atoms with Gasteiger partial charge in [-0.25, -0.2) is 0 Å². The lowest BCUT2D eigenvalue weighted by atomic mass is 10.0. The molecule has 0 spiro atoms. The SMILES string of the molecule is CC(=O)c1c(C)[nH]c(C(=O)N[C@@H](CN2CCOCC2)c2ccccc2)c1C. The van der Waals surface area contributed by atoms with E-state index in [9.17, 15) is 9.59 Å². The summed E-state index contributed by atoms with van der Waals surface area (Å²) in [7, 11) is 0. The number of morpholine rings is 1. The fourth-order valence-electron chi connectivity index (χ4n) is 3.70. The highest BCUT2D eigenvalue weighted by Crippen LogP contribution is 2.21. The number of aromatic nitrogens is 1. The Kier molecular flexibility index (Phi) is 6.08. The van der Waals surface area contributed by atoms with E-state index < -0.39 is 0 Å². The molecule has 2 aromatic rings. The first-order valence-corrected chi connectivity index (χ1v) is 9.33. The van der Waals surface area contributed by atoms with Crippen molar-refractivity contribution in [2.24, 2.45) is 0 Å². The molecule has 1 aliphatic rings. The van der Waals surface area contributed by atoms with E-state index in [4.69, 9.17) is 4.74 Å². The van der Waals surface area contributed by atoms with Gasteiger partial charge in [-0.3, -0.25) is 14.5 Å². The number of ketones is 1. The molecule has 1 aromatic carbocycles. The average molecular weight is 369 g/mol. The van der Waals surface area contributed by atoms with Crippen molar-refractivity contribution in [1.82, 2.24) is 15.2 Å². The number of Topliss-reactive ketones (excluding diaryl/α,β-unsaturated/α-hetero) is 1. The first kappa shape index (κ1) is 19.3. The van der Waals surface area contributed by atoms with Crippen LogP contribution in [0.15, 0.2) is 30.3 Å². The number of aromatic amines is 1. The average Bonchev–Trinajstić information content (AvgIpc) is 2.97. The van der Waals surface area contributed by atoms with Crippen LogP contribution < -0.4 is 5.32 Å². The highest BCUT2D eigenvalue weighted by atomic mass is 16.5. The van der Waals surface area contributed by atoms with Crippen LogP contribution in [0.25, 0.3) is 0 Å². The van der Waals surface area contributed by atoms with Gasteiger partial charge in [-0.15, -0.1) is 0 Å². The summed E-state index contributed by atoms with van der Waals surface area (Å²) >= 11 is 0. The number of amides is 1. The fraction of sp³-hybridized carbons (Fsp3) is 0.429. The Labute approximate surface area is 159 Å². The van der Waals surface area contributed by atoms with E-state index in [2.05, 4.69) is 15.2 Å². The molecule has 2 N–H and O–H groups in total. The highest BCUT2D eigenvalue weighted by Gasteiger charge is 2.24. The van der Waals surface area contributed by atoms with Gasteiger partial charge >= 0.3 is 0 Å². The molecule has 0 aliphatic carbocycles. The van der Waals surface area contributed by atoms with Gasteiger partial charge in [0.15, 0.2) is 5.78 Å². The molecule has 0 bridgehead atoms. The highest BCUT2D eigenvalue weighted by molar-refractivity contribution is 6.02. The minimum absolute atomic E-state index is 0.0340. The van der Waals surface area contributed by atoms with Crippen LogP contribution in [0.3, 0.4) is 0 Å². The van der Waals surface area contributed by atoms with Gasteiger partial charge in [0.2, 0.25) is 0 Å². The van der Waals surface area contributed by atoms with Crippen molar-refractivity contribution in [3.05, 3.63) is 58.4 Å². The number of carbonyl (C=O) groups excluding carboxylic acids is 2.